The molecular formula is C16H21FN2O. The molecule has 2 unspecified atom stereocenters. The Morgan fingerprint density at radius 3 is 2.65 bits per heavy atom. The summed E-state index contributed by atoms with van der Waals surface area (Å²) < 4.78 is 13.0. The van der Waals surface area contributed by atoms with Gasteiger partial charge in [-0.1, -0.05) is 18.6 Å². The molecule has 2 aliphatic rings. The Morgan fingerprint density at radius 2 is 1.95 bits per heavy atom. The minimum Gasteiger partial charge on any atom is -0.334 e. The molecule has 0 bridgehead atoms. The van der Waals surface area contributed by atoms with Gasteiger partial charge in [-0.25, -0.2) is 4.39 Å². The molecule has 108 valence electrons. The van der Waals surface area contributed by atoms with Crippen molar-refractivity contribution in [3.8, 4) is 0 Å². The predicted molar refractivity (Wildman–Crippen MR) is 75.7 cm³/mol. The van der Waals surface area contributed by atoms with Crippen LogP contribution in [0.4, 0.5) is 4.39 Å². The number of likely N-dealkylation sites (tertiary alicyclic amines) is 1. The van der Waals surface area contributed by atoms with E-state index in [0.29, 0.717) is 0 Å². The van der Waals surface area contributed by atoms with Gasteiger partial charge < -0.3 is 10.2 Å². The number of nitrogens with one attached hydrogen (secondary N) is 1. The van der Waals surface area contributed by atoms with Gasteiger partial charge in [0, 0.05) is 6.54 Å². The molecule has 2 heterocycles. The fourth-order valence-electron chi connectivity index (χ4n) is 3.32. The number of nitrogens with zero attached hydrogens (tertiary/aromatic N) is 1. The van der Waals surface area contributed by atoms with Crippen LogP contribution in [0.25, 0.3) is 0 Å². The maximum absolute atomic E-state index is 13.0. The van der Waals surface area contributed by atoms with Gasteiger partial charge in [0.15, 0.2) is 0 Å². The zero-order valence-corrected chi connectivity index (χ0v) is 11.6. The summed E-state index contributed by atoms with van der Waals surface area (Å²) in [5.41, 5.74) is 1.05. The number of benzene rings is 1. The minimum absolute atomic E-state index is 0.0233. The molecule has 3 rings (SSSR count). The lowest BCUT2D eigenvalue weighted by atomic mass is 10.0. The van der Waals surface area contributed by atoms with Crippen molar-refractivity contribution in [2.45, 2.75) is 44.2 Å². The molecule has 0 aliphatic carbocycles. The van der Waals surface area contributed by atoms with E-state index in [0.717, 1.165) is 50.8 Å². The lowest BCUT2D eigenvalue weighted by Crippen LogP contribution is -2.48. The smallest absolute Gasteiger partial charge is 0.240 e. The maximum atomic E-state index is 13.0. The van der Waals surface area contributed by atoms with Gasteiger partial charge in [-0.3, -0.25) is 4.79 Å². The Kier molecular flexibility index (Phi) is 4.01. The van der Waals surface area contributed by atoms with Crippen molar-refractivity contribution >= 4 is 5.91 Å². The molecule has 1 N–H and O–H groups in total. The molecular weight excluding hydrogens is 255 g/mol. The van der Waals surface area contributed by atoms with E-state index in [4.69, 9.17) is 0 Å². The van der Waals surface area contributed by atoms with Crippen molar-refractivity contribution in [3.63, 3.8) is 0 Å². The maximum Gasteiger partial charge on any atom is 0.240 e. The highest BCUT2D eigenvalue weighted by Gasteiger charge is 2.34. The van der Waals surface area contributed by atoms with Crippen molar-refractivity contribution in [1.29, 1.82) is 0 Å². The third kappa shape index (κ3) is 2.70. The van der Waals surface area contributed by atoms with Crippen LogP contribution in [-0.2, 0) is 4.79 Å². The first-order chi connectivity index (χ1) is 9.75. The van der Waals surface area contributed by atoms with E-state index < -0.39 is 0 Å². The zero-order valence-electron chi connectivity index (χ0n) is 11.6. The highest BCUT2D eigenvalue weighted by Crippen LogP contribution is 2.33. The van der Waals surface area contributed by atoms with E-state index in [9.17, 15) is 9.18 Å². The highest BCUT2D eigenvalue weighted by molar-refractivity contribution is 5.82. The van der Waals surface area contributed by atoms with Crippen molar-refractivity contribution in [2.24, 2.45) is 0 Å². The molecule has 20 heavy (non-hydrogen) atoms. The molecule has 2 fully saturated rings. The molecule has 4 heteroatoms. The standard InChI is InChI=1S/C16H21FN2O/c17-13-8-6-12(7-9-13)15-5-3-11-19(15)16(20)14-4-1-2-10-18-14/h6-9,14-15,18H,1-5,10-11H2. The average molecular weight is 276 g/mol. The fraction of sp³-hybridized carbons (Fsp3) is 0.562. The second kappa shape index (κ2) is 5.92. The largest absolute Gasteiger partial charge is 0.334 e. The number of hydrogen-bond donors (Lipinski definition) is 1. The van der Waals surface area contributed by atoms with Gasteiger partial charge in [0.1, 0.15) is 5.82 Å². The summed E-state index contributed by atoms with van der Waals surface area (Å²) in [7, 11) is 0. The third-order valence-corrected chi connectivity index (χ3v) is 4.40. The van der Waals surface area contributed by atoms with Crippen molar-refractivity contribution in [3.05, 3.63) is 35.6 Å². The van der Waals surface area contributed by atoms with E-state index in [1.807, 2.05) is 4.90 Å². The number of amides is 1. The molecule has 0 radical (unpaired) electrons. The predicted octanol–water partition coefficient (Wildman–Crippen LogP) is 2.63. The number of carbonyl (C=O) groups excluding carboxylic acids is 1. The Bertz CT molecular complexity index is 468. The fourth-order valence-corrected chi connectivity index (χ4v) is 3.32. The molecule has 0 spiro atoms. The molecule has 2 atom stereocenters. The quantitative estimate of drug-likeness (QED) is 0.900. The van der Waals surface area contributed by atoms with Crippen LogP contribution < -0.4 is 5.32 Å². The van der Waals surface area contributed by atoms with Crippen molar-refractivity contribution in [1.82, 2.24) is 10.2 Å². The lowest BCUT2D eigenvalue weighted by molar-refractivity contribution is -0.135. The van der Waals surface area contributed by atoms with Crippen LogP contribution in [0.15, 0.2) is 24.3 Å². The highest BCUT2D eigenvalue weighted by atomic mass is 19.1. The number of piperidine rings is 1. The average Bonchev–Trinajstić information content (AvgIpc) is 2.97. The van der Waals surface area contributed by atoms with Crippen LogP contribution in [0.5, 0.6) is 0 Å². The van der Waals surface area contributed by atoms with Gasteiger partial charge in [-0.2, -0.15) is 0 Å². The zero-order chi connectivity index (χ0) is 13.9. The SMILES string of the molecule is O=C(C1CCCCN1)N1CCCC1c1ccc(F)cc1. The number of halogens is 1. The second-order valence-electron chi connectivity index (χ2n) is 5.74. The molecule has 1 amide bonds. The molecule has 1 aromatic rings. The summed E-state index contributed by atoms with van der Waals surface area (Å²) in [6.45, 7) is 1.75. The van der Waals surface area contributed by atoms with Crippen molar-refractivity contribution < 1.29 is 9.18 Å². The number of carbonyl (C=O) groups is 1. The first kappa shape index (κ1) is 13.6. The first-order valence-corrected chi connectivity index (χ1v) is 7.55. The van der Waals surface area contributed by atoms with Crippen LogP contribution >= 0.6 is 0 Å². The van der Waals surface area contributed by atoms with Gasteiger partial charge in [-0.05, 0) is 49.9 Å². The topological polar surface area (TPSA) is 32.3 Å². The summed E-state index contributed by atoms with van der Waals surface area (Å²) >= 11 is 0. The van der Waals surface area contributed by atoms with Crippen LogP contribution in [0, 0.1) is 5.82 Å². The Morgan fingerprint density at radius 1 is 1.15 bits per heavy atom. The first-order valence-electron chi connectivity index (χ1n) is 7.55. The van der Waals surface area contributed by atoms with Gasteiger partial charge in [-0.15, -0.1) is 0 Å². The van der Waals surface area contributed by atoms with Gasteiger partial charge in [0.2, 0.25) is 5.91 Å². The van der Waals surface area contributed by atoms with E-state index in [-0.39, 0.29) is 23.8 Å². The summed E-state index contributed by atoms with van der Waals surface area (Å²) in [4.78, 5) is 14.6. The summed E-state index contributed by atoms with van der Waals surface area (Å²) in [5, 5.41) is 3.33. The normalized spacial score (nSPS) is 26.8. The monoisotopic (exact) mass is 276 g/mol. The molecule has 0 saturated carbocycles. The molecule has 2 aliphatic heterocycles. The van der Waals surface area contributed by atoms with Gasteiger partial charge in [0.05, 0.1) is 12.1 Å². The second-order valence-corrected chi connectivity index (χ2v) is 5.74. The van der Waals surface area contributed by atoms with E-state index in [1.54, 1.807) is 12.1 Å². The third-order valence-electron chi connectivity index (χ3n) is 4.40. The lowest BCUT2D eigenvalue weighted by Gasteiger charge is -2.31. The summed E-state index contributed by atoms with van der Waals surface area (Å²) in [5.74, 6) is -0.00454. The van der Waals surface area contributed by atoms with E-state index >= 15 is 0 Å². The summed E-state index contributed by atoms with van der Waals surface area (Å²) in [6.07, 6.45) is 5.22. The molecule has 3 nitrogen and oxygen atoms in total. The molecule has 1 aromatic carbocycles. The number of hydrogen-bond acceptors (Lipinski definition) is 2. The Labute approximate surface area is 119 Å². The summed E-state index contributed by atoms with van der Waals surface area (Å²) in [6, 6.07) is 6.67. The van der Waals surface area contributed by atoms with Crippen LogP contribution in [0.3, 0.4) is 0 Å². The van der Waals surface area contributed by atoms with Crippen LogP contribution in [-0.4, -0.2) is 29.9 Å². The number of rotatable bonds is 2. The Balaban J connectivity index is 1.74. The van der Waals surface area contributed by atoms with Crippen molar-refractivity contribution in [2.75, 3.05) is 13.1 Å². The van der Waals surface area contributed by atoms with Crippen LogP contribution in [0.2, 0.25) is 0 Å². The molecule has 2 saturated heterocycles. The van der Waals surface area contributed by atoms with Gasteiger partial charge >= 0.3 is 0 Å². The molecule has 0 aromatic heterocycles. The van der Waals surface area contributed by atoms with Gasteiger partial charge in [0.25, 0.3) is 0 Å². The van der Waals surface area contributed by atoms with E-state index in [1.165, 1.54) is 12.1 Å². The van der Waals surface area contributed by atoms with E-state index in [2.05, 4.69) is 5.32 Å². The van der Waals surface area contributed by atoms with Crippen LogP contribution in [0.1, 0.15) is 43.7 Å². The Hall–Kier alpha value is -1.42. The minimum atomic E-state index is -0.224.